The average molecular weight is 215 g/mol. The zero-order valence-electron chi connectivity index (χ0n) is 9.20. The van der Waals surface area contributed by atoms with Gasteiger partial charge in [-0.25, -0.2) is 4.39 Å². The number of halogens is 1. The van der Waals surface area contributed by atoms with Crippen LogP contribution in [0.5, 0.6) is 0 Å². The van der Waals surface area contributed by atoms with E-state index in [0.29, 0.717) is 0 Å². The summed E-state index contributed by atoms with van der Waals surface area (Å²) in [6.45, 7) is 2.02. The molecule has 1 nitrogen and oxygen atoms in total. The second-order valence-electron chi connectivity index (χ2n) is 3.65. The van der Waals surface area contributed by atoms with Gasteiger partial charge < -0.3 is 5.32 Å². The van der Waals surface area contributed by atoms with Crippen LogP contribution in [0.25, 0.3) is 0 Å². The topological polar surface area (TPSA) is 12.0 Å². The van der Waals surface area contributed by atoms with Crippen molar-refractivity contribution in [3.63, 3.8) is 0 Å². The Kier molecular flexibility index (Phi) is 3.20. The van der Waals surface area contributed by atoms with Crippen LogP contribution in [0.2, 0.25) is 0 Å². The first-order valence-electron chi connectivity index (χ1n) is 5.40. The Morgan fingerprint density at radius 3 is 2.50 bits per heavy atom. The number of para-hydroxylation sites is 1. The van der Waals surface area contributed by atoms with Crippen LogP contribution in [-0.2, 0) is 6.42 Å². The minimum Gasteiger partial charge on any atom is -0.355 e. The molecule has 1 N–H and O–H groups in total. The first-order chi connectivity index (χ1) is 7.79. The Morgan fingerprint density at radius 2 is 1.81 bits per heavy atom. The van der Waals surface area contributed by atoms with E-state index in [1.54, 1.807) is 12.1 Å². The van der Waals surface area contributed by atoms with E-state index in [0.717, 1.165) is 23.4 Å². The van der Waals surface area contributed by atoms with Gasteiger partial charge in [-0.3, -0.25) is 0 Å². The first-order valence-corrected chi connectivity index (χ1v) is 5.40. The number of anilines is 2. The Labute approximate surface area is 94.9 Å². The molecule has 0 radical (unpaired) electrons. The van der Waals surface area contributed by atoms with Crippen molar-refractivity contribution in [1.29, 1.82) is 0 Å². The molecule has 2 rings (SSSR count). The summed E-state index contributed by atoms with van der Waals surface area (Å²) in [7, 11) is 0. The fraction of sp³-hybridized carbons (Fsp3) is 0.143. The molecule has 0 atom stereocenters. The Balaban J connectivity index is 2.28. The standard InChI is InChI=1S/C14H14FN/c1-2-11-10-12(15)8-9-14(11)16-13-6-4-3-5-7-13/h3-10,16H,2H2,1H3. The number of benzene rings is 2. The molecule has 0 aliphatic carbocycles. The largest absolute Gasteiger partial charge is 0.355 e. The molecule has 2 aromatic carbocycles. The van der Waals surface area contributed by atoms with Crippen LogP contribution < -0.4 is 5.32 Å². The second kappa shape index (κ2) is 4.79. The number of hydrogen-bond acceptors (Lipinski definition) is 1. The number of hydrogen-bond donors (Lipinski definition) is 1. The maximum Gasteiger partial charge on any atom is 0.123 e. The number of rotatable bonds is 3. The van der Waals surface area contributed by atoms with Crippen molar-refractivity contribution < 1.29 is 4.39 Å². The highest BCUT2D eigenvalue weighted by atomic mass is 19.1. The van der Waals surface area contributed by atoms with Crippen molar-refractivity contribution in [2.45, 2.75) is 13.3 Å². The maximum absolute atomic E-state index is 13.0. The van der Waals surface area contributed by atoms with Gasteiger partial charge >= 0.3 is 0 Å². The molecule has 0 spiro atoms. The fourth-order valence-electron chi connectivity index (χ4n) is 1.65. The third-order valence-corrected chi connectivity index (χ3v) is 2.50. The molecule has 0 saturated carbocycles. The lowest BCUT2D eigenvalue weighted by Crippen LogP contribution is -1.95. The smallest absolute Gasteiger partial charge is 0.123 e. The van der Waals surface area contributed by atoms with Gasteiger partial charge in [0, 0.05) is 11.4 Å². The van der Waals surface area contributed by atoms with Crippen LogP contribution in [-0.4, -0.2) is 0 Å². The van der Waals surface area contributed by atoms with Crippen LogP contribution in [0.3, 0.4) is 0 Å². The summed E-state index contributed by atoms with van der Waals surface area (Å²) in [5.74, 6) is -0.185. The summed E-state index contributed by atoms with van der Waals surface area (Å²) in [6, 6.07) is 14.7. The number of aryl methyl sites for hydroxylation is 1. The summed E-state index contributed by atoms with van der Waals surface area (Å²) in [5.41, 5.74) is 2.97. The minimum atomic E-state index is -0.185. The fourth-order valence-corrected chi connectivity index (χ4v) is 1.65. The molecule has 0 bridgehead atoms. The predicted molar refractivity (Wildman–Crippen MR) is 65.5 cm³/mol. The van der Waals surface area contributed by atoms with Gasteiger partial charge in [0.15, 0.2) is 0 Å². The van der Waals surface area contributed by atoms with Gasteiger partial charge in [-0.05, 0) is 42.3 Å². The van der Waals surface area contributed by atoms with Crippen molar-refractivity contribution in [2.75, 3.05) is 5.32 Å². The van der Waals surface area contributed by atoms with Gasteiger partial charge in [-0.15, -0.1) is 0 Å². The zero-order chi connectivity index (χ0) is 11.4. The summed E-state index contributed by atoms with van der Waals surface area (Å²) in [4.78, 5) is 0. The minimum absolute atomic E-state index is 0.185. The van der Waals surface area contributed by atoms with Gasteiger partial charge in [0.25, 0.3) is 0 Å². The SMILES string of the molecule is CCc1cc(F)ccc1Nc1ccccc1. The lowest BCUT2D eigenvalue weighted by Gasteiger charge is -2.10. The highest BCUT2D eigenvalue weighted by Gasteiger charge is 2.02. The highest BCUT2D eigenvalue weighted by Crippen LogP contribution is 2.22. The molecule has 0 aromatic heterocycles. The van der Waals surface area contributed by atoms with Crippen molar-refractivity contribution in [1.82, 2.24) is 0 Å². The van der Waals surface area contributed by atoms with E-state index in [2.05, 4.69) is 5.32 Å². The summed E-state index contributed by atoms with van der Waals surface area (Å²) >= 11 is 0. The van der Waals surface area contributed by atoms with Crippen LogP contribution in [0, 0.1) is 5.82 Å². The third-order valence-electron chi connectivity index (χ3n) is 2.50. The van der Waals surface area contributed by atoms with E-state index in [1.807, 2.05) is 37.3 Å². The van der Waals surface area contributed by atoms with E-state index in [4.69, 9.17) is 0 Å². The third kappa shape index (κ3) is 2.40. The van der Waals surface area contributed by atoms with E-state index in [-0.39, 0.29) is 5.82 Å². The molecule has 2 aromatic rings. The molecule has 0 aliphatic rings. The molecule has 0 aliphatic heterocycles. The van der Waals surface area contributed by atoms with E-state index in [9.17, 15) is 4.39 Å². The van der Waals surface area contributed by atoms with Crippen molar-refractivity contribution in [3.8, 4) is 0 Å². The molecule has 0 unspecified atom stereocenters. The highest BCUT2D eigenvalue weighted by molar-refractivity contribution is 5.63. The van der Waals surface area contributed by atoms with Crippen molar-refractivity contribution >= 4 is 11.4 Å². The molecule has 0 fully saturated rings. The van der Waals surface area contributed by atoms with Gasteiger partial charge in [-0.1, -0.05) is 25.1 Å². The predicted octanol–water partition coefficient (Wildman–Crippen LogP) is 4.13. The van der Waals surface area contributed by atoms with Crippen LogP contribution in [0.15, 0.2) is 48.5 Å². The Bertz CT molecular complexity index is 465. The van der Waals surface area contributed by atoms with Gasteiger partial charge in [-0.2, -0.15) is 0 Å². The van der Waals surface area contributed by atoms with Gasteiger partial charge in [0.05, 0.1) is 0 Å². The van der Waals surface area contributed by atoms with Crippen molar-refractivity contribution in [2.24, 2.45) is 0 Å². The molecule has 2 heteroatoms. The van der Waals surface area contributed by atoms with Crippen LogP contribution in [0.1, 0.15) is 12.5 Å². The quantitative estimate of drug-likeness (QED) is 0.811. The number of nitrogens with one attached hydrogen (secondary N) is 1. The van der Waals surface area contributed by atoms with Gasteiger partial charge in [0.2, 0.25) is 0 Å². The van der Waals surface area contributed by atoms with Crippen LogP contribution in [0.4, 0.5) is 15.8 Å². The normalized spacial score (nSPS) is 10.1. The molecule has 16 heavy (non-hydrogen) atoms. The van der Waals surface area contributed by atoms with E-state index in [1.165, 1.54) is 6.07 Å². The zero-order valence-corrected chi connectivity index (χ0v) is 9.20. The molecular formula is C14H14FN. The first kappa shape index (κ1) is 10.7. The molecular weight excluding hydrogens is 201 g/mol. The molecule has 82 valence electrons. The molecule has 0 amide bonds. The summed E-state index contributed by atoms with van der Waals surface area (Å²) in [5, 5.41) is 3.28. The maximum atomic E-state index is 13.0. The Morgan fingerprint density at radius 1 is 1.06 bits per heavy atom. The van der Waals surface area contributed by atoms with Gasteiger partial charge in [0.1, 0.15) is 5.82 Å². The summed E-state index contributed by atoms with van der Waals surface area (Å²) < 4.78 is 13.0. The van der Waals surface area contributed by atoms with Crippen molar-refractivity contribution in [3.05, 3.63) is 59.9 Å². The lowest BCUT2D eigenvalue weighted by atomic mass is 10.1. The lowest BCUT2D eigenvalue weighted by molar-refractivity contribution is 0.626. The monoisotopic (exact) mass is 215 g/mol. The molecule has 0 heterocycles. The van der Waals surface area contributed by atoms with E-state index >= 15 is 0 Å². The van der Waals surface area contributed by atoms with E-state index < -0.39 is 0 Å². The second-order valence-corrected chi connectivity index (χ2v) is 3.65. The summed E-state index contributed by atoms with van der Waals surface area (Å²) in [6.07, 6.45) is 0.812. The Hall–Kier alpha value is -1.83. The van der Waals surface area contributed by atoms with Crippen LogP contribution >= 0.6 is 0 Å². The molecule has 0 saturated heterocycles. The average Bonchev–Trinajstić information content (AvgIpc) is 2.33.